The molecule has 13 heavy (non-hydrogen) atoms. The molecule has 1 atom stereocenters. The highest BCUT2D eigenvalue weighted by molar-refractivity contribution is 7.98. The van der Waals surface area contributed by atoms with Gasteiger partial charge in [0, 0.05) is 0 Å². The summed E-state index contributed by atoms with van der Waals surface area (Å²) in [4.78, 5) is 0. The Morgan fingerprint density at radius 2 is 2.15 bits per heavy atom. The predicted octanol–water partition coefficient (Wildman–Crippen LogP) is 2.59. The number of nitriles is 1. The Bertz CT molecular complexity index is 281. The van der Waals surface area contributed by atoms with Crippen molar-refractivity contribution in [3.8, 4) is 6.07 Å². The average Bonchev–Trinajstić information content (AvgIpc) is 2.21. The van der Waals surface area contributed by atoms with Crippen LogP contribution in [0.15, 0.2) is 30.3 Å². The van der Waals surface area contributed by atoms with Gasteiger partial charge in [0.2, 0.25) is 0 Å². The minimum absolute atomic E-state index is 0.436. The molecule has 0 N–H and O–H groups in total. The molecular formula is C10H11NOS. The number of hydrogen-bond donors (Lipinski definition) is 0. The molecule has 2 nitrogen and oxygen atoms in total. The lowest BCUT2D eigenvalue weighted by Crippen LogP contribution is -2.00. The van der Waals surface area contributed by atoms with Crippen molar-refractivity contribution in [2.75, 3.05) is 12.2 Å². The van der Waals surface area contributed by atoms with E-state index in [9.17, 15) is 0 Å². The van der Waals surface area contributed by atoms with Gasteiger partial charge in [-0.05, 0) is 11.8 Å². The Kier molecular flexibility index (Phi) is 4.37. The molecule has 0 aliphatic heterocycles. The number of thioether (sulfide) groups is 1. The van der Waals surface area contributed by atoms with Crippen molar-refractivity contribution in [1.29, 1.82) is 5.26 Å². The van der Waals surface area contributed by atoms with E-state index in [1.807, 2.05) is 36.6 Å². The minimum Gasteiger partial charge on any atom is -0.348 e. The Balaban J connectivity index is 2.63. The van der Waals surface area contributed by atoms with E-state index in [1.54, 1.807) is 11.8 Å². The first kappa shape index (κ1) is 10.1. The zero-order valence-electron chi connectivity index (χ0n) is 7.43. The van der Waals surface area contributed by atoms with Crippen LogP contribution in [0.2, 0.25) is 0 Å². The van der Waals surface area contributed by atoms with Gasteiger partial charge < -0.3 is 4.74 Å². The van der Waals surface area contributed by atoms with Crippen LogP contribution in [-0.2, 0) is 4.74 Å². The van der Waals surface area contributed by atoms with Crippen LogP contribution < -0.4 is 0 Å². The van der Waals surface area contributed by atoms with E-state index in [-0.39, 0.29) is 0 Å². The average molecular weight is 193 g/mol. The highest BCUT2D eigenvalue weighted by Crippen LogP contribution is 2.16. The molecule has 0 unspecified atom stereocenters. The molecule has 0 radical (unpaired) electrons. The van der Waals surface area contributed by atoms with Gasteiger partial charge in [0.1, 0.15) is 0 Å². The number of rotatable bonds is 4. The maximum atomic E-state index is 8.82. The first-order valence-corrected chi connectivity index (χ1v) is 5.33. The molecule has 1 aromatic rings. The molecule has 0 aromatic heterocycles. The number of hydrogen-bond acceptors (Lipinski definition) is 3. The molecule has 0 spiro atoms. The van der Waals surface area contributed by atoms with E-state index in [1.165, 1.54) is 0 Å². The second-order valence-electron chi connectivity index (χ2n) is 2.49. The van der Waals surface area contributed by atoms with Crippen molar-refractivity contribution in [3.05, 3.63) is 35.9 Å². The molecule has 1 rings (SSSR count). The van der Waals surface area contributed by atoms with E-state index in [2.05, 4.69) is 6.07 Å². The van der Waals surface area contributed by atoms with E-state index in [4.69, 9.17) is 10.00 Å². The second-order valence-corrected chi connectivity index (χ2v) is 3.31. The van der Waals surface area contributed by atoms with Crippen molar-refractivity contribution in [3.63, 3.8) is 0 Å². The van der Waals surface area contributed by atoms with E-state index in [0.717, 1.165) is 5.56 Å². The van der Waals surface area contributed by atoms with Crippen molar-refractivity contribution < 1.29 is 4.74 Å². The molecular weight excluding hydrogens is 182 g/mol. The van der Waals surface area contributed by atoms with Crippen molar-refractivity contribution >= 4 is 11.8 Å². The first-order valence-electron chi connectivity index (χ1n) is 3.93. The van der Waals surface area contributed by atoms with Crippen LogP contribution in [-0.4, -0.2) is 12.2 Å². The van der Waals surface area contributed by atoms with Gasteiger partial charge in [0.15, 0.2) is 6.10 Å². The molecule has 1 aromatic carbocycles. The fourth-order valence-electron chi connectivity index (χ4n) is 0.972. The van der Waals surface area contributed by atoms with Crippen LogP contribution in [0.1, 0.15) is 11.7 Å². The number of nitrogens with zero attached hydrogens (tertiary/aromatic N) is 1. The third-order valence-electron chi connectivity index (χ3n) is 1.57. The van der Waals surface area contributed by atoms with Crippen LogP contribution in [0.4, 0.5) is 0 Å². The summed E-state index contributed by atoms with van der Waals surface area (Å²) in [5, 5.41) is 8.82. The summed E-state index contributed by atoms with van der Waals surface area (Å²) in [6.07, 6.45) is 1.51. The third kappa shape index (κ3) is 3.10. The van der Waals surface area contributed by atoms with Gasteiger partial charge in [-0.25, -0.2) is 0 Å². The zero-order chi connectivity index (χ0) is 9.52. The highest BCUT2D eigenvalue weighted by atomic mass is 32.2. The molecule has 3 heteroatoms. The summed E-state index contributed by atoms with van der Waals surface area (Å²) >= 11 is 1.57. The quantitative estimate of drug-likeness (QED) is 0.689. The lowest BCUT2D eigenvalue weighted by molar-refractivity contribution is 0.134. The van der Waals surface area contributed by atoms with Crippen LogP contribution in [0.3, 0.4) is 0 Å². The Hall–Kier alpha value is -0.980. The molecule has 0 bridgehead atoms. The second kappa shape index (κ2) is 5.63. The molecule has 0 saturated carbocycles. The minimum atomic E-state index is -0.436. The molecule has 68 valence electrons. The smallest absolute Gasteiger partial charge is 0.170 e. The van der Waals surface area contributed by atoms with E-state index >= 15 is 0 Å². The van der Waals surface area contributed by atoms with Crippen LogP contribution in [0.25, 0.3) is 0 Å². The Morgan fingerprint density at radius 1 is 1.46 bits per heavy atom. The first-order chi connectivity index (χ1) is 6.38. The summed E-state index contributed by atoms with van der Waals surface area (Å²) < 4.78 is 5.33. The summed E-state index contributed by atoms with van der Waals surface area (Å²) in [5.74, 6) is 0.549. The SMILES string of the molecule is CSCO[C@@H](C#N)c1ccccc1. The number of benzene rings is 1. The van der Waals surface area contributed by atoms with Gasteiger partial charge in [0.25, 0.3) is 0 Å². The van der Waals surface area contributed by atoms with Crippen molar-refractivity contribution in [2.24, 2.45) is 0 Å². The van der Waals surface area contributed by atoms with Gasteiger partial charge in [-0.3, -0.25) is 0 Å². The molecule has 0 saturated heterocycles. The lowest BCUT2D eigenvalue weighted by atomic mass is 10.1. The van der Waals surface area contributed by atoms with Gasteiger partial charge in [0.05, 0.1) is 12.0 Å². The maximum Gasteiger partial charge on any atom is 0.170 e. The third-order valence-corrected chi connectivity index (χ3v) is 1.94. The summed E-state index contributed by atoms with van der Waals surface area (Å²) in [6, 6.07) is 11.6. The Labute approximate surface area is 82.5 Å². The lowest BCUT2D eigenvalue weighted by Gasteiger charge is -2.08. The summed E-state index contributed by atoms with van der Waals surface area (Å²) in [7, 11) is 0. The van der Waals surface area contributed by atoms with Crippen LogP contribution >= 0.6 is 11.8 Å². The fraction of sp³-hybridized carbons (Fsp3) is 0.300. The number of ether oxygens (including phenoxy) is 1. The van der Waals surface area contributed by atoms with Gasteiger partial charge >= 0.3 is 0 Å². The van der Waals surface area contributed by atoms with Gasteiger partial charge in [-0.15, -0.1) is 11.8 Å². The Morgan fingerprint density at radius 3 is 2.69 bits per heavy atom. The highest BCUT2D eigenvalue weighted by Gasteiger charge is 2.08. The molecule has 0 aliphatic carbocycles. The maximum absolute atomic E-state index is 8.82. The fourth-order valence-corrected chi connectivity index (χ4v) is 1.24. The van der Waals surface area contributed by atoms with E-state index < -0.39 is 6.10 Å². The molecule has 0 fully saturated rings. The van der Waals surface area contributed by atoms with Gasteiger partial charge in [-0.2, -0.15) is 5.26 Å². The summed E-state index contributed by atoms with van der Waals surface area (Å²) in [5.41, 5.74) is 0.916. The topological polar surface area (TPSA) is 33.0 Å². The largest absolute Gasteiger partial charge is 0.348 e. The van der Waals surface area contributed by atoms with Crippen LogP contribution in [0.5, 0.6) is 0 Å². The van der Waals surface area contributed by atoms with Crippen molar-refractivity contribution in [1.82, 2.24) is 0 Å². The normalized spacial score (nSPS) is 12.0. The van der Waals surface area contributed by atoms with Crippen molar-refractivity contribution in [2.45, 2.75) is 6.10 Å². The monoisotopic (exact) mass is 193 g/mol. The summed E-state index contributed by atoms with van der Waals surface area (Å²) in [6.45, 7) is 0. The molecule has 0 amide bonds. The van der Waals surface area contributed by atoms with Gasteiger partial charge in [-0.1, -0.05) is 30.3 Å². The van der Waals surface area contributed by atoms with Crippen LogP contribution in [0, 0.1) is 11.3 Å². The molecule has 0 heterocycles. The predicted molar refractivity (Wildman–Crippen MR) is 54.3 cm³/mol. The molecule has 0 aliphatic rings. The zero-order valence-corrected chi connectivity index (χ0v) is 8.25. The standard InChI is InChI=1S/C10H11NOS/c1-13-8-12-10(7-11)9-5-3-2-4-6-9/h2-6,10H,8H2,1H3/t10-/m0/s1. The van der Waals surface area contributed by atoms with E-state index in [0.29, 0.717) is 5.94 Å².